The fourth-order valence-corrected chi connectivity index (χ4v) is 3.80. The van der Waals surface area contributed by atoms with Gasteiger partial charge in [0.2, 0.25) is 0 Å². The summed E-state index contributed by atoms with van der Waals surface area (Å²) in [5.41, 5.74) is 4.84. The molecule has 23 heavy (non-hydrogen) atoms. The van der Waals surface area contributed by atoms with Crippen molar-refractivity contribution in [2.75, 3.05) is 7.11 Å². The first-order chi connectivity index (χ1) is 10.9. The van der Waals surface area contributed by atoms with E-state index in [0.29, 0.717) is 22.8 Å². The van der Waals surface area contributed by atoms with Crippen LogP contribution in [0.1, 0.15) is 39.5 Å². The quantitative estimate of drug-likeness (QED) is 0.753. The van der Waals surface area contributed by atoms with E-state index in [9.17, 15) is 9.00 Å². The number of carbonyl (C=O) groups is 1. The number of hydrogen-bond acceptors (Lipinski definition) is 3. The van der Waals surface area contributed by atoms with Crippen LogP contribution in [0.25, 0.3) is 0 Å². The first-order valence-corrected chi connectivity index (χ1v) is 8.98. The first kappa shape index (κ1) is 17.4. The Balaban J connectivity index is 2.21. The third-order valence-electron chi connectivity index (χ3n) is 3.82. The largest absolute Gasteiger partial charge is 0.496 e. The van der Waals surface area contributed by atoms with Crippen molar-refractivity contribution in [2.45, 2.75) is 32.3 Å². The average molecular weight is 330 g/mol. The Labute approximate surface area is 140 Å². The summed E-state index contributed by atoms with van der Waals surface area (Å²) in [6, 6.07) is 11.5. The molecule has 4 heteroatoms. The molecule has 0 aliphatic heterocycles. The van der Waals surface area contributed by atoms with Crippen LogP contribution in [0.3, 0.4) is 0 Å². The summed E-state index contributed by atoms with van der Waals surface area (Å²) in [7, 11) is 0.518. The van der Waals surface area contributed by atoms with E-state index >= 15 is 0 Å². The molecule has 2 aromatic carbocycles. The van der Waals surface area contributed by atoms with Crippen molar-refractivity contribution in [2.24, 2.45) is 0 Å². The molecular weight excluding hydrogens is 308 g/mol. The predicted molar refractivity (Wildman–Crippen MR) is 94.5 cm³/mol. The minimum Gasteiger partial charge on any atom is -0.496 e. The Morgan fingerprint density at radius 2 is 1.74 bits per heavy atom. The van der Waals surface area contributed by atoms with Crippen LogP contribution in [0.2, 0.25) is 0 Å². The number of rotatable bonds is 6. The van der Waals surface area contributed by atoms with Gasteiger partial charge < -0.3 is 4.74 Å². The van der Waals surface area contributed by atoms with Gasteiger partial charge in [-0.3, -0.25) is 9.00 Å². The highest BCUT2D eigenvalue weighted by Crippen LogP contribution is 2.23. The standard InChI is InChI=1S/C19H22O3S/c1-13-5-6-14(2)17(9-13)11-23(21)12-18-10-16(15(3)20)7-8-19(18)22-4/h5-10H,11-12H2,1-4H3/t23-/m1/s1. The predicted octanol–water partition coefficient (Wildman–Crippen LogP) is 3.96. The molecule has 0 saturated heterocycles. The van der Waals surface area contributed by atoms with Crippen LogP contribution < -0.4 is 4.74 Å². The van der Waals surface area contributed by atoms with E-state index in [1.807, 2.05) is 13.8 Å². The molecule has 0 aromatic heterocycles. The molecule has 0 saturated carbocycles. The van der Waals surface area contributed by atoms with E-state index in [2.05, 4.69) is 18.2 Å². The third kappa shape index (κ3) is 4.52. The van der Waals surface area contributed by atoms with Crippen LogP contribution in [0, 0.1) is 13.8 Å². The van der Waals surface area contributed by atoms with Crippen molar-refractivity contribution in [3.8, 4) is 5.75 Å². The number of Topliss-reactive ketones (excluding diaryl/α,β-unsaturated/α-hetero) is 1. The van der Waals surface area contributed by atoms with E-state index < -0.39 is 10.8 Å². The van der Waals surface area contributed by atoms with E-state index in [1.54, 1.807) is 25.3 Å². The second kappa shape index (κ2) is 7.55. The van der Waals surface area contributed by atoms with Gasteiger partial charge in [0, 0.05) is 27.7 Å². The second-order valence-corrected chi connectivity index (χ2v) is 7.20. The van der Waals surface area contributed by atoms with Crippen LogP contribution in [0.15, 0.2) is 36.4 Å². The molecule has 0 spiro atoms. The third-order valence-corrected chi connectivity index (χ3v) is 5.09. The number of aryl methyl sites for hydroxylation is 2. The van der Waals surface area contributed by atoms with Crippen LogP contribution in [-0.2, 0) is 22.3 Å². The summed E-state index contributed by atoms with van der Waals surface area (Å²) >= 11 is 0. The molecule has 2 rings (SSSR count). The highest BCUT2D eigenvalue weighted by atomic mass is 32.2. The molecule has 0 aliphatic rings. The highest BCUT2D eigenvalue weighted by Gasteiger charge is 2.12. The summed E-state index contributed by atoms with van der Waals surface area (Å²) < 4.78 is 17.9. The Kier molecular flexibility index (Phi) is 5.72. The SMILES string of the molecule is COc1ccc(C(C)=O)cc1C[S@](=O)Cc1cc(C)ccc1C. The zero-order chi connectivity index (χ0) is 17.0. The fourth-order valence-electron chi connectivity index (χ4n) is 2.46. The lowest BCUT2D eigenvalue weighted by atomic mass is 10.1. The van der Waals surface area contributed by atoms with Crippen molar-refractivity contribution in [3.05, 3.63) is 64.2 Å². The molecule has 0 aliphatic carbocycles. The fraction of sp³-hybridized carbons (Fsp3) is 0.316. The molecule has 122 valence electrons. The number of benzene rings is 2. The molecule has 0 bridgehead atoms. The zero-order valence-electron chi connectivity index (χ0n) is 14.0. The van der Waals surface area contributed by atoms with Crippen LogP contribution in [-0.4, -0.2) is 17.1 Å². The second-order valence-electron chi connectivity index (χ2n) is 5.74. The molecule has 3 nitrogen and oxygen atoms in total. The zero-order valence-corrected chi connectivity index (χ0v) is 14.8. The van der Waals surface area contributed by atoms with Gasteiger partial charge in [0.25, 0.3) is 0 Å². The van der Waals surface area contributed by atoms with Gasteiger partial charge in [-0.25, -0.2) is 0 Å². The maximum atomic E-state index is 12.6. The maximum Gasteiger partial charge on any atom is 0.159 e. The van der Waals surface area contributed by atoms with E-state index in [0.717, 1.165) is 16.7 Å². The first-order valence-electron chi connectivity index (χ1n) is 7.49. The van der Waals surface area contributed by atoms with Crippen LogP contribution in [0.5, 0.6) is 5.75 Å². The lowest BCUT2D eigenvalue weighted by Gasteiger charge is -2.11. The van der Waals surface area contributed by atoms with Crippen molar-refractivity contribution in [1.82, 2.24) is 0 Å². The van der Waals surface area contributed by atoms with Crippen LogP contribution in [0.4, 0.5) is 0 Å². The molecule has 0 unspecified atom stereocenters. The lowest BCUT2D eigenvalue weighted by molar-refractivity contribution is 0.101. The number of carbonyl (C=O) groups excluding carboxylic acids is 1. The van der Waals surface area contributed by atoms with Gasteiger partial charge in [0.15, 0.2) is 5.78 Å². The molecule has 0 fully saturated rings. The van der Waals surface area contributed by atoms with Crippen molar-refractivity contribution >= 4 is 16.6 Å². The summed E-state index contributed by atoms with van der Waals surface area (Å²) in [6.45, 7) is 5.59. The molecule has 0 N–H and O–H groups in total. The van der Waals surface area contributed by atoms with Gasteiger partial charge in [-0.1, -0.05) is 23.8 Å². The summed E-state index contributed by atoms with van der Waals surface area (Å²) in [6.07, 6.45) is 0. The smallest absolute Gasteiger partial charge is 0.159 e. The summed E-state index contributed by atoms with van der Waals surface area (Å²) in [5.74, 6) is 1.54. The molecule has 2 aromatic rings. The van der Waals surface area contributed by atoms with Gasteiger partial charge >= 0.3 is 0 Å². The number of hydrogen-bond donors (Lipinski definition) is 0. The van der Waals surface area contributed by atoms with E-state index in [4.69, 9.17) is 4.74 Å². The Morgan fingerprint density at radius 3 is 2.39 bits per heavy atom. The molecule has 0 amide bonds. The van der Waals surface area contributed by atoms with Crippen molar-refractivity contribution in [3.63, 3.8) is 0 Å². The number of methoxy groups -OCH3 is 1. The molecule has 0 heterocycles. The van der Waals surface area contributed by atoms with Crippen molar-refractivity contribution < 1.29 is 13.7 Å². The normalized spacial score (nSPS) is 12.0. The summed E-state index contributed by atoms with van der Waals surface area (Å²) in [4.78, 5) is 11.5. The maximum absolute atomic E-state index is 12.6. The van der Waals surface area contributed by atoms with Gasteiger partial charge in [0.1, 0.15) is 5.75 Å². The Morgan fingerprint density at radius 1 is 1.04 bits per heavy atom. The van der Waals surface area contributed by atoms with Gasteiger partial charge in [-0.15, -0.1) is 0 Å². The highest BCUT2D eigenvalue weighted by molar-refractivity contribution is 7.83. The average Bonchev–Trinajstić information content (AvgIpc) is 2.50. The Bertz CT molecular complexity index is 750. The van der Waals surface area contributed by atoms with E-state index in [-0.39, 0.29) is 5.78 Å². The Hall–Kier alpha value is -1.94. The minimum absolute atomic E-state index is 0.00536. The summed E-state index contributed by atoms with van der Waals surface area (Å²) in [5, 5.41) is 0. The monoisotopic (exact) mass is 330 g/mol. The van der Waals surface area contributed by atoms with Crippen LogP contribution >= 0.6 is 0 Å². The van der Waals surface area contributed by atoms with Gasteiger partial charge in [0.05, 0.1) is 12.9 Å². The number of ketones is 1. The van der Waals surface area contributed by atoms with Gasteiger partial charge in [-0.2, -0.15) is 0 Å². The molecule has 0 radical (unpaired) electrons. The van der Waals surface area contributed by atoms with Crippen molar-refractivity contribution in [1.29, 1.82) is 0 Å². The molecule has 1 atom stereocenters. The molecular formula is C19H22O3S. The minimum atomic E-state index is -1.07. The lowest BCUT2D eigenvalue weighted by Crippen LogP contribution is -2.04. The van der Waals surface area contributed by atoms with Gasteiger partial charge in [-0.05, 0) is 50.1 Å². The topological polar surface area (TPSA) is 43.4 Å². The number of ether oxygens (including phenoxy) is 1. The van der Waals surface area contributed by atoms with E-state index in [1.165, 1.54) is 12.5 Å².